The summed E-state index contributed by atoms with van der Waals surface area (Å²) in [7, 11) is 0. The average molecular weight is 273 g/mol. The Morgan fingerprint density at radius 1 is 1.35 bits per heavy atom. The van der Waals surface area contributed by atoms with E-state index in [-0.39, 0.29) is 6.61 Å². The van der Waals surface area contributed by atoms with Crippen LogP contribution in [0.2, 0.25) is 0 Å². The van der Waals surface area contributed by atoms with Crippen LogP contribution in [0.15, 0.2) is 24.3 Å². The van der Waals surface area contributed by atoms with E-state index in [1.165, 1.54) is 0 Å². The van der Waals surface area contributed by atoms with Crippen LogP contribution in [0.3, 0.4) is 0 Å². The first-order valence-corrected chi connectivity index (χ1v) is 6.58. The van der Waals surface area contributed by atoms with Gasteiger partial charge in [0.1, 0.15) is 6.61 Å². The Morgan fingerprint density at radius 2 is 2.10 bits per heavy atom. The lowest BCUT2D eigenvalue weighted by molar-refractivity contribution is 0.0463. The predicted octanol–water partition coefficient (Wildman–Crippen LogP) is 2.46. The Bertz CT molecular complexity index is 632. The number of esters is 1. The molecular weight excluding hydrogens is 254 g/mol. The van der Waals surface area contributed by atoms with Crippen LogP contribution in [0.1, 0.15) is 34.2 Å². The molecule has 1 aromatic heterocycles. The molecule has 0 aliphatic rings. The standard InChI is InChI=1S/C15H19N3O2/c1-4-18-12(8-11(3)17-18)9-20-15(19)13-7-10(2)5-6-14(13)16/h5-8H,4,9,16H2,1-3H3. The molecule has 0 aliphatic heterocycles. The minimum absolute atomic E-state index is 0.195. The Kier molecular flexibility index (Phi) is 4.08. The van der Waals surface area contributed by atoms with E-state index in [9.17, 15) is 4.79 Å². The van der Waals surface area contributed by atoms with Crippen LogP contribution in [-0.4, -0.2) is 15.7 Å². The number of carbonyl (C=O) groups excluding carboxylic acids is 1. The normalized spacial score (nSPS) is 10.6. The number of ether oxygens (including phenoxy) is 1. The minimum atomic E-state index is -0.410. The van der Waals surface area contributed by atoms with Crippen molar-refractivity contribution in [1.82, 2.24) is 9.78 Å². The maximum atomic E-state index is 12.1. The van der Waals surface area contributed by atoms with Crippen molar-refractivity contribution in [2.75, 3.05) is 5.73 Å². The molecule has 2 N–H and O–H groups in total. The lowest BCUT2D eigenvalue weighted by Gasteiger charge is -2.08. The van der Waals surface area contributed by atoms with Crippen molar-refractivity contribution in [3.63, 3.8) is 0 Å². The molecule has 1 heterocycles. The molecule has 0 amide bonds. The van der Waals surface area contributed by atoms with Crippen LogP contribution in [0.4, 0.5) is 5.69 Å². The number of nitrogens with two attached hydrogens (primary N) is 1. The lowest BCUT2D eigenvalue weighted by atomic mass is 10.1. The zero-order valence-corrected chi connectivity index (χ0v) is 12.0. The monoisotopic (exact) mass is 273 g/mol. The van der Waals surface area contributed by atoms with Crippen molar-refractivity contribution in [1.29, 1.82) is 0 Å². The SMILES string of the molecule is CCn1nc(C)cc1COC(=O)c1cc(C)ccc1N. The Balaban J connectivity index is 2.10. The molecule has 2 rings (SSSR count). The third-order valence-corrected chi connectivity index (χ3v) is 3.06. The molecule has 20 heavy (non-hydrogen) atoms. The molecule has 106 valence electrons. The third-order valence-electron chi connectivity index (χ3n) is 3.06. The number of aryl methyl sites for hydroxylation is 3. The fraction of sp³-hybridized carbons (Fsp3) is 0.333. The number of anilines is 1. The quantitative estimate of drug-likeness (QED) is 0.686. The molecule has 0 unspecified atom stereocenters. The van der Waals surface area contributed by atoms with Crippen molar-refractivity contribution in [3.05, 3.63) is 46.8 Å². The molecule has 0 radical (unpaired) electrons. The smallest absolute Gasteiger partial charge is 0.340 e. The van der Waals surface area contributed by atoms with Crippen molar-refractivity contribution < 1.29 is 9.53 Å². The molecule has 1 aromatic carbocycles. The molecule has 2 aromatic rings. The molecule has 0 atom stereocenters. The third kappa shape index (κ3) is 2.99. The Hall–Kier alpha value is -2.30. The molecular formula is C15H19N3O2. The van der Waals surface area contributed by atoms with E-state index < -0.39 is 5.97 Å². The Morgan fingerprint density at radius 3 is 2.80 bits per heavy atom. The van der Waals surface area contributed by atoms with Gasteiger partial charge in [-0.25, -0.2) is 4.79 Å². The average Bonchev–Trinajstić information content (AvgIpc) is 2.79. The maximum absolute atomic E-state index is 12.1. The van der Waals surface area contributed by atoms with E-state index in [4.69, 9.17) is 10.5 Å². The van der Waals surface area contributed by atoms with Gasteiger partial charge in [0.2, 0.25) is 0 Å². The first-order valence-electron chi connectivity index (χ1n) is 6.58. The second-order valence-electron chi connectivity index (χ2n) is 4.76. The molecule has 5 nitrogen and oxygen atoms in total. The van der Waals surface area contributed by atoms with Gasteiger partial charge in [-0.2, -0.15) is 5.10 Å². The first kappa shape index (κ1) is 14.1. The summed E-state index contributed by atoms with van der Waals surface area (Å²) in [5.74, 6) is -0.410. The largest absolute Gasteiger partial charge is 0.456 e. The number of aromatic nitrogens is 2. The lowest BCUT2D eigenvalue weighted by Crippen LogP contribution is -2.11. The second-order valence-corrected chi connectivity index (χ2v) is 4.76. The van der Waals surface area contributed by atoms with Crippen LogP contribution in [-0.2, 0) is 17.9 Å². The van der Waals surface area contributed by atoms with Gasteiger partial charge in [0.05, 0.1) is 17.0 Å². The highest BCUT2D eigenvalue weighted by molar-refractivity contribution is 5.95. The number of nitrogen functional groups attached to an aromatic ring is 1. The number of hydrogen-bond donors (Lipinski definition) is 1. The topological polar surface area (TPSA) is 70.1 Å². The molecule has 0 bridgehead atoms. The Labute approximate surface area is 118 Å². The van der Waals surface area contributed by atoms with Crippen LogP contribution < -0.4 is 5.73 Å². The van der Waals surface area contributed by atoms with E-state index in [1.807, 2.05) is 37.6 Å². The number of benzene rings is 1. The fourth-order valence-electron chi connectivity index (χ4n) is 2.05. The number of nitrogens with zero attached hydrogens (tertiary/aromatic N) is 2. The first-order chi connectivity index (χ1) is 9.51. The summed E-state index contributed by atoms with van der Waals surface area (Å²) in [6, 6.07) is 7.23. The molecule has 0 saturated heterocycles. The summed E-state index contributed by atoms with van der Waals surface area (Å²) in [6.45, 7) is 6.76. The van der Waals surface area contributed by atoms with Gasteiger partial charge in [0.15, 0.2) is 0 Å². The van der Waals surface area contributed by atoms with Crippen molar-refractivity contribution in [2.45, 2.75) is 33.9 Å². The molecule has 0 spiro atoms. The zero-order chi connectivity index (χ0) is 14.7. The summed E-state index contributed by atoms with van der Waals surface area (Å²) in [5.41, 5.74) is 9.40. The van der Waals surface area contributed by atoms with E-state index in [0.717, 1.165) is 23.5 Å². The van der Waals surface area contributed by atoms with E-state index in [2.05, 4.69) is 5.10 Å². The van der Waals surface area contributed by atoms with Gasteiger partial charge in [-0.1, -0.05) is 11.6 Å². The van der Waals surface area contributed by atoms with E-state index in [0.29, 0.717) is 11.3 Å². The predicted molar refractivity (Wildman–Crippen MR) is 77.3 cm³/mol. The van der Waals surface area contributed by atoms with Crippen LogP contribution in [0.5, 0.6) is 0 Å². The van der Waals surface area contributed by atoms with Gasteiger partial charge in [-0.3, -0.25) is 4.68 Å². The highest BCUT2D eigenvalue weighted by Gasteiger charge is 2.13. The molecule has 0 aliphatic carbocycles. The van der Waals surface area contributed by atoms with E-state index in [1.54, 1.807) is 12.1 Å². The molecule has 5 heteroatoms. The number of rotatable bonds is 4. The molecule has 0 fully saturated rings. The van der Waals surface area contributed by atoms with Crippen molar-refractivity contribution in [3.8, 4) is 0 Å². The fourth-order valence-corrected chi connectivity index (χ4v) is 2.05. The maximum Gasteiger partial charge on any atom is 0.340 e. The number of carbonyl (C=O) groups is 1. The van der Waals surface area contributed by atoms with Gasteiger partial charge >= 0.3 is 5.97 Å². The summed E-state index contributed by atoms with van der Waals surface area (Å²) < 4.78 is 7.15. The minimum Gasteiger partial charge on any atom is -0.456 e. The number of hydrogen-bond acceptors (Lipinski definition) is 4. The summed E-state index contributed by atoms with van der Waals surface area (Å²) >= 11 is 0. The van der Waals surface area contributed by atoms with Gasteiger partial charge in [-0.05, 0) is 39.0 Å². The van der Waals surface area contributed by atoms with Gasteiger partial charge in [0, 0.05) is 12.2 Å². The zero-order valence-electron chi connectivity index (χ0n) is 12.0. The van der Waals surface area contributed by atoms with Gasteiger partial charge in [-0.15, -0.1) is 0 Å². The van der Waals surface area contributed by atoms with E-state index >= 15 is 0 Å². The highest BCUT2D eigenvalue weighted by Crippen LogP contribution is 2.16. The second kappa shape index (κ2) is 5.77. The molecule has 0 saturated carbocycles. The highest BCUT2D eigenvalue weighted by atomic mass is 16.5. The van der Waals surface area contributed by atoms with Gasteiger partial charge in [0.25, 0.3) is 0 Å². The van der Waals surface area contributed by atoms with Crippen molar-refractivity contribution in [2.24, 2.45) is 0 Å². The summed E-state index contributed by atoms with van der Waals surface area (Å²) in [4.78, 5) is 12.1. The summed E-state index contributed by atoms with van der Waals surface area (Å²) in [6.07, 6.45) is 0. The van der Waals surface area contributed by atoms with Crippen LogP contribution >= 0.6 is 0 Å². The van der Waals surface area contributed by atoms with Crippen molar-refractivity contribution >= 4 is 11.7 Å². The summed E-state index contributed by atoms with van der Waals surface area (Å²) in [5, 5.41) is 4.31. The van der Waals surface area contributed by atoms with Crippen LogP contribution in [0.25, 0.3) is 0 Å². The van der Waals surface area contributed by atoms with Gasteiger partial charge < -0.3 is 10.5 Å². The van der Waals surface area contributed by atoms with Crippen LogP contribution in [0, 0.1) is 13.8 Å².